The van der Waals surface area contributed by atoms with E-state index in [-0.39, 0.29) is 5.91 Å². The number of aromatic nitrogens is 3. The fourth-order valence-corrected chi connectivity index (χ4v) is 5.58. The number of benzene rings is 2. The lowest BCUT2D eigenvalue weighted by Crippen LogP contribution is -2.38. The molecule has 0 spiro atoms. The van der Waals surface area contributed by atoms with E-state index >= 15 is 0 Å². The van der Waals surface area contributed by atoms with Crippen molar-refractivity contribution in [1.29, 1.82) is 0 Å². The van der Waals surface area contributed by atoms with Gasteiger partial charge >= 0.3 is 0 Å². The maximum Gasteiger partial charge on any atom is 0.228 e. The smallest absolute Gasteiger partial charge is 0.228 e. The zero-order chi connectivity index (χ0) is 26.8. The second kappa shape index (κ2) is 11.0. The lowest BCUT2D eigenvalue weighted by molar-refractivity contribution is -0.117. The van der Waals surface area contributed by atoms with Gasteiger partial charge in [0.1, 0.15) is 5.75 Å². The molecule has 2 aromatic heterocycles. The third kappa shape index (κ3) is 5.16. The molecule has 2 aliphatic heterocycles. The van der Waals surface area contributed by atoms with E-state index in [1.165, 1.54) is 0 Å². The third-order valence-corrected chi connectivity index (χ3v) is 7.79. The van der Waals surface area contributed by atoms with Crippen LogP contribution < -0.4 is 20.3 Å². The second-order valence-corrected chi connectivity index (χ2v) is 10.5. The molecule has 0 bridgehead atoms. The lowest BCUT2D eigenvalue weighted by Gasteiger charge is -2.23. The van der Waals surface area contributed by atoms with Crippen LogP contribution in [0.2, 0.25) is 0 Å². The molecular weight excluding hydrogens is 488 g/mol. The van der Waals surface area contributed by atoms with Gasteiger partial charge in [0.05, 0.1) is 16.9 Å². The molecule has 2 N–H and O–H groups in total. The summed E-state index contributed by atoms with van der Waals surface area (Å²) >= 11 is 0. The molecule has 2 fully saturated rings. The highest BCUT2D eigenvalue weighted by Gasteiger charge is 2.30. The number of hydrogen-bond acceptors (Lipinski definition) is 7. The summed E-state index contributed by atoms with van der Waals surface area (Å²) < 4.78 is 6.58. The summed E-state index contributed by atoms with van der Waals surface area (Å²) in [7, 11) is 0. The van der Waals surface area contributed by atoms with Crippen molar-refractivity contribution in [2.75, 3.05) is 29.9 Å². The van der Waals surface area contributed by atoms with Crippen LogP contribution in [0, 0.1) is 12.8 Å². The van der Waals surface area contributed by atoms with Gasteiger partial charge < -0.3 is 20.3 Å². The summed E-state index contributed by atoms with van der Waals surface area (Å²) in [6.45, 7) is 6.89. The molecule has 8 heteroatoms. The van der Waals surface area contributed by atoms with Crippen molar-refractivity contribution in [1.82, 2.24) is 20.3 Å². The van der Waals surface area contributed by atoms with Crippen LogP contribution in [0.4, 0.5) is 11.6 Å². The molecule has 2 unspecified atom stereocenters. The van der Waals surface area contributed by atoms with Crippen molar-refractivity contribution < 1.29 is 9.53 Å². The van der Waals surface area contributed by atoms with E-state index < -0.39 is 0 Å². The van der Waals surface area contributed by atoms with Crippen molar-refractivity contribution in [3.8, 4) is 22.9 Å². The van der Waals surface area contributed by atoms with Crippen LogP contribution in [0.3, 0.4) is 0 Å². The number of aryl methyl sites for hydroxylation is 1. The summed E-state index contributed by atoms with van der Waals surface area (Å²) in [5.74, 6) is 2.38. The first-order valence-corrected chi connectivity index (χ1v) is 13.9. The fourth-order valence-electron chi connectivity index (χ4n) is 5.58. The van der Waals surface area contributed by atoms with Gasteiger partial charge in [-0.1, -0.05) is 37.6 Å². The minimum absolute atomic E-state index is 0.182. The number of pyridine rings is 1. The Bertz CT molecular complexity index is 1500. The quantitative estimate of drug-likeness (QED) is 0.321. The average molecular weight is 523 g/mol. The Hall–Kier alpha value is -4.04. The minimum atomic E-state index is 0.182. The van der Waals surface area contributed by atoms with Gasteiger partial charge in [-0.05, 0) is 62.1 Å². The Balaban J connectivity index is 1.34. The standard InChI is InChI=1S/C31H34N6O2/c1-3-21-17-28(38)37(19-21)27-10-4-8-24-23(27)12-11-20(2)29(24)39-30-25(9-6-15-33-30)26-13-16-34-31(36-26)35-22-7-5-14-32-18-22/h4,6,8-13,15-16,21-22,32H,3,5,7,14,17-19H2,1-2H3,(H,34,35,36). The fraction of sp³-hybridized carbons (Fsp3) is 0.355. The molecule has 2 aliphatic rings. The second-order valence-electron chi connectivity index (χ2n) is 10.5. The van der Waals surface area contributed by atoms with Crippen LogP contribution in [0.5, 0.6) is 11.6 Å². The van der Waals surface area contributed by atoms with Crippen molar-refractivity contribution in [2.45, 2.75) is 45.6 Å². The molecular formula is C31H34N6O2. The van der Waals surface area contributed by atoms with Gasteiger partial charge in [-0.15, -0.1) is 0 Å². The Labute approximate surface area is 228 Å². The number of nitrogens with zero attached hydrogens (tertiary/aromatic N) is 4. The van der Waals surface area contributed by atoms with Crippen LogP contribution >= 0.6 is 0 Å². The Morgan fingerprint density at radius 3 is 2.82 bits per heavy atom. The average Bonchev–Trinajstić information content (AvgIpc) is 3.35. The Morgan fingerprint density at radius 1 is 1.08 bits per heavy atom. The zero-order valence-corrected chi connectivity index (χ0v) is 22.5. The Morgan fingerprint density at radius 2 is 2.00 bits per heavy atom. The molecule has 2 aromatic carbocycles. The number of carbonyl (C=O) groups is 1. The summed E-state index contributed by atoms with van der Waals surface area (Å²) in [5.41, 5.74) is 3.46. The SMILES string of the molecule is CCC1CC(=O)N(c2cccc3c(Oc4ncccc4-c4ccnc(NC5CCCNC5)n4)c(C)ccc23)C1. The molecule has 0 saturated carbocycles. The van der Waals surface area contributed by atoms with Gasteiger partial charge in [0.15, 0.2) is 0 Å². The van der Waals surface area contributed by atoms with Gasteiger partial charge in [0.25, 0.3) is 0 Å². The maximum atomic E-state index is 12.8. The summed E-state index contributed by atoms with van der Waals surface area (Å²) in [6, 6.07) is 16.3. The molecule has 6 rings (SSSR count). The van der Waals surface area contributed by atoms with E-state index in [1.807, 2.05) is 54.3 Å². The van der Waals surface area contributed by atoms with E-state index in [9.17, 15) is 4.79 Å². The first-order valence-electron chi connectivity index (χ1n) is 13.9. The van der Waals surface area contributed by atoms with Crippen LogP contribution in [-0.2, 0) is 4.79 Å². The molecule has 1 amide bonds. The lowest BCUT2D eigenvalue weighted by atomic mass is 10.0. The van der Waals surface area contributed by atoms with E-state index in [2.05, 4.69) is 33.6 Å². The molecule has 0 aliphatic carbocycles. The van der Waals surface area contributed by atoms with E-state index in [1.54, 1.807) is 12.4 Å². The number of hydrogen-bond donors (Lipinski definition) is 2. The van der Waals surface area contributed by atoms with E-state index in [0.717, 1.165) is 77.9 Å². The summed E-state index contributed by atoms with van der Waals surface area (Å²) in [4.78, 5) is 28.6. The molecule has 2 atom stereocenters. The van der Waals surface area contributed by atoms with Gasteiger partial charge in [-0.2, -0.15) is 0 Å². The number of nitrogens with one attached hydrogen (secondary N) is 2. The predicted octanol–water partition coefficient (Wildman–Crippen LogP) is 5.72. The number of anilines is 2. The van der Waals surface area contributed by atoms with Crippen molar-refractivity contribution in [2.24, 2.45) is 5.92 Å². The van der Waals surface area contributed by atoms with Crippen molar-refractivity contribution in [3.05, 3.63) is 66.5 Å². The van der Waals surface area contributed by atoms with E-state index in [0.29, 0.717) is 30.2 Å². The minimum Gasteiger partial charge on any atom is -0.437 e. The van der Waals surface area contributed by atoms with Gasteiger partial charge in [0, 0.05) is 48.7 Å². The number of fused-ring (bicyclic) bond motifs is 1. The molecule has 0 radical (unpaired) electrons. The van der Waals surface area contributed by atoms with Crippen molar-refractivity contribution in [3.63, 3.8) is 0 Å². The Kier molecular flexibility index (Phi) is 7.11. The highest BCUT2D eigenvalue weighted by atomic mass is 16.5. The predicted molar refractivity (Wildman–Crippen MR) is 154 cm³/mol. The van der Waals surface area contributed by atoms with Gasteiger partial charge in [-0.25, -0.2) is 15.0 Å². The summed E-state index contributed by atoms with van der Waals surface area (Å²) in [6.07, 6.45) is 7.32. The topological polar surface area (TPSA) is 92.3 Å². The molecule has 4 aromatic rings. The van der Waals surface area contributed by atoms with Gasteiger partial charge in [-0.3, -0.25) is 4.79 Å². The molecule has 39 heavy (non-hydrogen) atoms. The number of rotatable bonds is 7. The number of ether oxygens (including phenoxy) is 1. The van der Waals surface area contributed by atoms with E-state index in [4.69, 9.17) is 9.72 Å². The van der Waals surface area contributed by atoms with Crippen LogP contribution in [0.15, 0.2) is 60.9 Å². The number of amides is 1. The normalized spacial score (nSPS) is 19.4. The molecule has 200 valence electrons. The van der Waals surface area contributed by atoms with Gasteiger partial charge in [0.2, 0.25) is 17.7 Å². The van der Waals surface area contributed by atoms with Crippen LogP contribution in [-0.4, -0.2) is 46.5 Å². The first-order chi connectivity index (χ1) is 19.1. The maximum absolute atomic E-state index is 12.8. The first kappa shape index (κ1) is 25.2. The largest absolute Gasteiger partial charge is 0.437 e. The molecule has 2 saturated heterocycles. The van der Waals surface area contributed by atoms with Crippen LogP contribution in [0.1, 0.15) is 38.2 Å². The molecule has 8 nitrogen and oxygen atoms in total. The monoisotopic (exact) mass is 522 g/mol. The number of piperidine rings is 1. The molecule has 4 heterocycles. The summed E-state index contributed by atoms with van der Waals surface area (Å²) in [5, 5.41) is 8.82. The zero-order valence-electron chi connectivity index (χ0n) is 22.5. The highest BCUT2D eigenvalue weighted by Crippen LogP contribution is 2.40. The third-order valence-electron chi connectivity index (χ3n) is 7.79. The van der Waals surface area contributed by atoms with Crippen LogP contribution in [0.25, 0.3) is 22.0 Å². The number of carbonyl (C=O) groups excluding carboxylic acids is 1. The van der Waals surface area contributed by atoms with Crippen molar-refractivity contribution >= 4 is 28.3 Å². The highest BCUT2D eigenvalue weighted by molar-refractivity contribution is 6.06.